The highest BCUT2D eigenvalue weighted by molar-refractivity contribution is 7.47. The Morgan fingerprint density at radius 2 is 1.24 bits per heavy atom. The van der Waals surface area contributed by atoms with E-state index in [1.807, 2.05) is 54.7 Å². The van der Waals surface area contributed by atoms with Crippen molar-refractivity contribution in [1.29, 1.82) is 0 Å². The first kappa shape index (κ1) is 51.9. The Labute approximate surface area is 330 Å². The number of carbonyl (C=O) groups is 3. The topological polar surface area (TPSA) is 192 Å². The molecule has 0 aromatic carbocycles. The van der Waals surface area contributed by atoms with E-state index in [0.717, 1.165) is 38.5 Å². The number of nitrogens with two attached hydrogens (primary N) is 1. The summed E-state index contributed by atoms with van der Waals surface area (Å²) in [6, 6.07) is -1.54. The van der Waals surface area contributed by atoms with Crippen molar-refractivity contribution in [2.24, 2.45) is 5.73 Å². The number of rotatable bonds is 36. The third-order valence-electron chi connectivity index (χ3n) is 8.06. The molecular formula is C42H70NO11P. The van der Waals surface area contributed by atoms with Crippen molar-refractivity contribution in [2.45, 2.75) is 154 Å². The molecule has 0 aliphatic rings. The lowest BCUT2D eigenvalue weighted by Gasteiger charge is -2.20. The van der Waals surface area contributed by atoms with Crippen LogP contribution in [0.5, 0.6) is 0 Å². The van der Waals surface area contributed by atoms with Gasteiger partial charge in [-0.05, 0) is 44.9 Å². The van der Waals surface area contributed by atoms with E-state index in [1.54, 1.807) is 6.08 Å². The van der Waals surface area contributed by atoms with Crippen LogP contribution in [0.1, 0.15) is 136 Å². The minimum absolute atomic E-state index is 0.0107. The molecule has 5 N–H and O–H groups in total. The molecule has 0 aromatic rings. The fourth-order valence-electron chi connectivity index (χ4n) is 4.88. The second kappa shape index (κ2) is 36.5. The van der Waals surface area contributed by atoms with Crippen LogP contribution in [0, 0.1) is 0 Å². The lowest BCUT2D eigenvalue weighted by atomic mass is 10.1. The first-order valence-electron chi connectivity index (χ1n) is 20.1. The molecule has 0 saturated heterocycles. The summed E-state index contributed by atoms with van der Waals surface area (Å²) >= 11 is 0. The molecule has 0 fully saturated rings. The van der Waals surface area contributed by atoms with Crippen LogP contribution in [0.25, 0.3) is 0 Å². The zero-order valence-corrected chi connectivity index (χ0v) is 34.2. The smallest absolute Gasteiger partial charge is 0.472 e. The Balaban J connectivity index is 4.61. The number of allylic oxidation sites excluding steroid dienone is 10. The van der Waals surface area contributed by atoms with E-state index in [2.05, 4.69) is 30.5 Å². The lowest BCUT2D eigenvalue weighted by molar-refractivity contribution is -0.161. The molecule has 13 heteroatoms. The first-order chi connectivity index (χ1) is 26.5. The molecule has 0 amide bonds. The Morgan fingerprint density at radius 3 is 1.87 bits per heavy atom. The molecule has 314 valence electrons. The van der Waals surface area contributed by atoms with Crippen molar-refractivity contribution in [3.63, 3.8) is 0 Å². The second-order valence-corrected chi connectivity index (χ2v) is 14.7. The number of carboxylic acids is 1. The number of aliphatic hydroxyl groups is 1. The second-order valence-electron chi connectivity index (χ2n) is 13.2. The third-order valence-corrected chi connectivity index (χ3v) is 9.01. The van der Waals surface area contributed by atoms with E-state index in [0.29, 0.717) is 25.7 Å². The van der Waals surface area contributed by atoms with Gasteiger partial charge < -0.3 is 30.3 Å². The highest BCUT2D eigenvalue weighted by atomic mass is 31.2. The highest BCUT2D eigenvalue weighted by Gasteiger charge is 2.28. The standard InChI is InChI=1S/C42H70NO11P/c1-3-5-7-9-11-12-13-17-20-24-28-32-40(45)51-34-38(35-52-55(49,50)53-36-39(43)42(47)48)54-41(46)33-29-25-21-18-15-14-16-19-23-27-31-37(44)30-26-22-10-8-6-4-2/h6,8,14-15,19,21-23,25-27,31,37-39,44H,3-5,7,9-13,16-18,20,24,28-30,32-36,43H2,1-2H3,(H,47,48)(H,49,50)/b8-6-,15-14-,23-19-,25-21-,26-22-,31-27+/t37?,38-,39+/m1/s1. The molecule has 0 spiro atoms. The summed E-state index contributed by atoms with van der Waals surface area (Å²) in [5.41, 5.74) is 5.31. The van der Waals surface area contributed by atoms with Crippen LogP contribution in [0.3, 0.4) is 0 Å². The molecule has 0 heterocycles. The predicted molar refractivity (Wildman–Crippen MR) is 218 cm³/mol. The molecule has 0 aliphatic carbocycles. The van der Waals surface area contributed by atoms with E-state index in [-0.39, 0.29) is 12.8 Å². The molecule has 2 unspecified atom stereocenters. The monoisotopic (exact) mass is 795 g/mol. The van der Waals surface area contributed by atoms with Gasteiger partial charge in [-0.15, -0.1) is 0 Å². The maximum absolute atomic E-state index is 12.6. The molecule has 0 radical (unpaired) electrons. The van der Waals surface area contributed by atoms with Crippen molar-refractivity contribution in [3.05, 3.63) is 72.9 Å². The van der Waals surface area contributed by atoms with E-state index in [9.17, 15) is 28.9 Å². The van der Waals surface area contributed by atoms with Crippen LogP contribution in [0.2, 0.25) is 0 Å². The van der Waals surface area contributed by atoms with Crippen LogP contribution in [0.4, 0.5) is 0 Å². The Kier molecular flexibility index (Phi) is 34.4. The number of phosphoric acid groups is 1. The number of hydrogen-bond donors (Lipinski definition) is 4. The number of hydrogen-bond acceptors (Lipinski definition) is 10. The number of carbonyl (C=O) groups excluding carboxylic acids is 2. The summed E-state index contributed by atoms with van der Waals surface area (Å²) in [6.45, 7) is 2.50. The lowest BCUT2D eigenvalue weighted by Crippen LogP contribution is -2.34. The number of phosphoric ester groups is 1. The fraction of sp³-hybridized carbons (Fsp3) is 0.643. The molecule has 0 saturated carbocycles. The molecular weight excluding hydrogens is 725 g/mol. The van der Waals surface area contributed by atoms with E-state index in [1.165, 1.54) is 44.9 Å². The van der Waals surface area contributed by atoms with Gasteiger partial charge in [-0.3, -0.25) is 23.4 Å². The number of esters is 2. The van der Waals surface area contributed by atoms with Gasteiger partial charge in [0, 0.05) is 12.8 Å². The zero-order chi connectivity index (χ0) is 40.8. The Morgan fingerprint density at radius 1 is 0.673 bits per heavy atom. The van der Waals surface area contributed by atoms with Gasteiger partial charge in [0.15, 0.2) is 6.10 Å². The van der Waals surface area contributed by atoms with Gasteiger partial charge in [-0.1, -0.05) is 151 Å². The van der Waals surface area contributed by atoms with Gasteiger partial charge in [-0.25, -0.2) is 4.57 Å². The summed E-state index contributed by atoms with van der Waals surface area (Å²) < 4.78 is 32.5. The minimum Gasteiger partial charge on any atom is -0.480 e. The quantitative estimate of drug-likeness (QED) is 0.0155. The average molecular weight is 796 g/mol. The molecule has 55 heavy (non-hydrogen) atoms. The van der Waals surface area contributed by atoms with Crippen LogP contribution in [-0.4, -0.2) is 71.1 Å². The van der Waals surface area contributed by atoms with Crippen LogP contribution in [0.15, 0.2) is 72.9 Å². The number of ether oxygens (including phenoxy) is 2. The van der Waals surface area contributed by atoms with Crippen molar-refractivity contribution in [3.8, 4) is 0 Å². The van der Waals surface area contributed by atoms with E-state index in [4.69, 9.17) is 24.8 Å². The summed E-state index contributed by atoms with van der Waals surface area (Å²) in [5.74, 6) is -2.53. The molecule has 4 atom stereocenters. The summed E-state index contributed by atoms with van der Waals surface area (Å²) in [7, 11) is -4.75. The largest absolute Gasteiger partial charge is 0.480 e. The number of aliphatic hydroxyl groups excluding tert-OH is 1. The van der Waals surface area contributed by atoms with Gasteiger partial charge in [0.2, 0.25) is 0 Å². The molecule has 0 aromatic heterocycles. The van der Waals surface area contributed by atoms with Crippen LogP contribution < -0.4 is 5.73 Å². The number of carboxylic acid groups (broad SMARTS) is 1. The summed E-state index contributed by atoms with van der Waals surface area (Å²) in [6.07, 6.45) is 38.8. The van der Waals surface area contributed by atoms with Crippen LogP contribution in [-0.2, 0) is 37.5 Å². The predicted octanol–water partition coefficient (Wildman–Crippen LogP) is 9.14. The SMILES string of the molecule is CC/C=C\C/C=C\CC(O)/C=C/C=C\C/C=C\C/C=C\CCC(=O)O[C@H](COC(=O)CCCCCCCCCCCCC)COP(=O)(O)OC[C@H](N)C(=O)O. The maximum Gasteiger partial charge on any atom is 0.472 e. The summed E-state index contributed by atoms with van der Waals surface area (Å²) in [4.78, 5) is 45.8. The zero-order valence-electron chi connectivity index (χ0n) is 33.3. The first-order valence-corrected chi connectivity index (χ1v) is 21.6. The van der Waals surface area contributed by atoms with E-state index < -0.39 is 63.8 Å². The molecule has 0 bridgehead atoms. The highest BCUT2D eigenvalue weighted by Crippen LogP contribution is 2.43. The maximum atomic E-state index is 12.6. The van der Waals surface area contributed by atoms with E-state index >= 15 is 0 Å². The van der Waals surface area contributed by atoms with Gasteiger partial charge in [-0.2, -0.15) is 0 Å². The normalized spacial score (nSPS) is 15.1. The molecule has 0 aliphatic heterocycles. The Hall–Kier alpha value is -3.12. The van der Waals surface area contributed by atoms with Crippen molar-refractivity contribution in [2.75, 3.05) is 19.8 Å². The van der Waals surface area contributed by atoms with Gasteiger partial charge in [0.25, 0.3) is 0 Å². The summed E-state index contributed by atoms with van der Waals surface area (Å²) in [5, 5.41) is 18.8. The third kappa shape index (κ3) is 36.3. The number of unbranched alkanes of at least 4 members (excludes halogenated alkanes) is 10. The van der Waals surface area contributed by atoms with Crippen molar-refractivity contribution < 1.29 is 52.6 Å². The van der Waals surface area contributed by atoms with Gasteiger partial charge in [0.1, 0.15) is 12.6 Å². The van der Waals surface area contributed by atoms with Crippen molar-refractivity contribution >= 4 is 25.7 Å². The number of aliphatic carboxylic acids is 1. The van der Waals surface area contributed by atoms with Crippen LogP contribution >= 0.6 is 7.82 Å². The molecule has 12 nitrogen and oxygen atoms in total. The van der Waals surface area contributed by atoms with Gasteiger partial charge in [0.05, 0.1) is 19.3 Å². The fourth-order valence-corrected chi connectivity index (χ4v) is 5.66. The van der Waals surface area contributed by atoms with Crippen molar-refractivity contribution in [1.82, 2.24) is 0 Å². The molecule has 0 rings (SSSR count). The minimum atomic E-state index is -4.75. The average Bonchev–Trinajstić information content (AvgIpc) is 3.15. The Bertz CT molecular complexity index is 1230. The van der Waals surface area contributed by atoms with Gasteiger partial charge >= 0.3 is 25.7 Å².